The highest BCUT2D eigenvalue weighted by Crippen LogP contribution is 2.37. The Hall–Kier alpha value is -1.48. The van der Waals surface area contributed by atoms with Crippen molar-refractivity contribution in [2.45, 2.75) is 11.8 Å². The van der Waals surface area contributed by atoms with Crippen molar-refractivity contribution in [3.8, 4) is 0 Å². The van der Waals surface area contributed by atoms with Crippen LogP contribution in [0, 0.1) is 0 Å². The van der Waals surface area contributed by atoms with Crippen LogP contribution in [0.2, 0.25) is 10.0 Å². The molecule has 0 bridgehead atoms. The fourth-order valence-electron chi connectivity index (χ4n) is 2.30. The van der Waals surface area contributed by atoms with Gasteiger partial charge in [-0.05, 0) is 37.3 Å². The molecule has 0 amide bonds. The highest BCUT2D eigenvalue weighted by Gasteiger charge is 2.19. The molecule has 0 atom stereocenters. The van der Waals surface area contributed by atoms with Crippen LogP contribution in [-0.4, -0.2) is 5.71 Å². The highest BCUT2D eigenvalue weighted by molar-refractivity contribution is 8.03. The zero-order chi connectivity index (χ0) is 15.7. The molecule has 22 heavy (non-hydrogen) atoms. The number of allylic oxidation sites excluding steroid dienone is 2. The maximum absolute atomic E-state index is 6.40. The van der Waals surface area contributed by atoms with Gasteiger partial charge in [0.2, 0.25) is 0 Å². The van der Waals surface area contributed by atoms with Crippen LogP contribution >= 0.6 is 35.0 Å². The van der Waals surface area contributed by atoms with Crippen molar-refractivity contribution < 1.29 is 0 Å². The number of aliphatic imine (C=N–C) groups is 1. The molecule has 0 radical (unpaired) electrons. The van der Waals surface area contributed by atoms with Crippen LogP contribution in [0.5, 0.6) is 0 Å². The third-order valence-corrected chi connectivity index (χ3v) is 5.02. The molecule has 4 heteroatoms. The second-order valence-corrected chi connectivity index (χ2v) is 6.93. The average Bonchev–Trinajstić information content (AvgIpc) is 2.63. The van der Waals surface area contributed by atoms with Crippen LogP contribution in [0.15, 0.2) is 75.6 Å². The van der Waals surface area contributed by atoms with Gasteiger partial charge in [-0.2, -0.15) is 0 Å². The first-order valence-electron chi connectivity index (χ1n) is 6.75. The molecule has 0 aromatic heterocycles. The zero-order valence-corrected chi connectivity index (χ0v) is 14.3. The van der Waals surface area contributed by atoms with Crippen LogP contribution in [0.25, 0.3) is 0 Å². The Bertz CT molecular complexity index is 822. The van der Waals surface area contributed by atoms with E-state index in [0.717, 1.165) is 32.3 Å². The third-order valence-electron chi connectivity index (χ3n) is 3.38. The van der Waals surface area contributed by atoms with Crippen molar-refractivity contribution in [3.63, 3.8) is 0 Å². The topological polar surface area (TPSA) is 12.4 Å². The van der Waals surface area contributed by atoms with Crippen molar-refractivity contribution in [3.05, 3.63) is 86.9 Å². The number of fused-ring (bicyclic) bond motifs is 1. The average molecular weight is 346 g/mol. The molecule has 0 unspecified atom stereocenters. The SMILES string of the molecule is C=CC1=C(C)Sc2ccccc2C(c2ccc(Cl)cc2Cl)=N1. The Morgan fingerprint density at radius 3 is 2.59 bits per heavy atom. The summed E-state index contributed by atoms with van der Waals surface area (Å²) in [6.07, 6.45) is 1.78. The number of rotatable bonds is 2. The third kappa shape index (κ3) is 2.87. The molecule has 2 aromatic rings. The van der Waals surface area contributed by atoms with E-state index in [2.05, 4.69) is 18.7 Å². The van der Waals surface area contributed by atoms with Crippen molar-refractivity contribution in [2.24, 2.45) is 4.99 Å². The molecular weight excluding hydrogens is 333 g/mol. The second kappa shape index (κ2) is 6.33. The van der Waals surface area contributed by atoms with Gasteiger partial charge in [-0.3, -0.25) is 0 Å². The van der Waals surface area contributed by atoms with Gasteiger partial charge in [-0.15, -0.1) is 0 Å². The number of hydrogen-bond donors (Lipinski definition) is 0. The summed E-state index contributed by atoms with van der Waals surface area (Å²) in [6, 6.07) is 13.7. The molecule has 2 aromatic carbocycles. The number of halogens is 2. The maximum atomic E-state index is 6.40. The van der Waals surface area contributed by atoms with Crippen LogP contribution < -0.4 is 0 Å². The first kappa shape index (κ1) is 15.4. The van der Waals surface area contributed by atoms with E-state index in [-0.39, 0.29) is 0 Å². The largest absolute Gasteiger partial charge is 0.247 e. The fourth-order valence-corrected chi connectivity index (χ4v) is 3.79. The Labute approximate surface area is 144 Å². The molecular formula is C18H13Cl2NS. The molecule has 0 N–H and O–H groups in total. The van der Waals surface area contributed by atoms with Gasteiger partial charge in [0, 0.05) is 26.0 Å². The van der Waals surface area contributed by atoms with Crippen LogP contribution in [0.4, 0.5) is 0 Å². The van der Waals surface area contributed by atoms with Crippen molar-refractivity contribution in [1.82, 2.24) is 0 Å². The van der Waals surface area contributed by atoms with Crippen LogP contribution in [0.1, 0.15) is 18.1 Å². The van der Waals surface area contributed by atoms with Crippen molar-refractivity contribution in [2.75, 3.05) is 0 Å². The van der Waals surface area contributed by atoms with E-state index < -0.39 is 0 Å². The summed E-state index contributed by atoms with van der Waals surface area (Å²) in [6.45, 7) is 5.92. The number of thioether (sulfide) groups is 1. The molecule has 0 saturated carbocycles. The van der Waals surface area contributed by atoms with E-state index in [1.54, 1.807) is 23.9 Å². The Morgan fingerprint density at radius 1 is 1.09 bits per heavy atom. The number of nitrogens with zero attached hydrogens (tertiary/aromatic N) is 1. The Balaban J connectivity index is 2.29. The summed E-state index contributed by atoms with van der Waals surface area (Å²) in [5.41, 5.74) is 3.64. The summed E-state index contributed by atoms with van der Waals surface area (Å²) >= 11 is 14.1. The standard InChI is InChI=1S/C18H13Cl2NS/c1-3-16-11(2)22-17-7-5-4-6-14(17)18(21-16)13-9-8-12(19)10-15(13)20/h3-10H,1H2,2H3. The summed E-state index contributed by atoms with van der Waals surface area (Å²) in [5.74, 6) is 0. The molecule has 1 heterocycles. The van der Waals surface area contributed by atoms with E-state index >= 15 is 0 Å². The molecule has 110 valence electrons. The molecule has 0 spiro atoms. The van der Waals surface area contributed by atoms with Gasteiger partial charge in [0.25, 0.3) is 0 Å². The quantitative estimate of drug-likeness (QED) is 0.617. The van der Waals surface area contributed by atoms with Gasteiger partial charge in [0.15, 0.2) is 0 Å². The minimum atomic E-state index is 0.592. The van der Waals surface area contributed by atoms with Gasteiger partial charge in [0.05, 0.1) is 16.4 Å². The predicted octanol–water partition coefficient (Wildman–Crippen LogP) is 6.35. The van der Waals surface area contributed by atoms with Gasteiger partial charge < -0.3 is 0 Å². The minimum Gasteiger partial charge on any atom is -0.247 e. The fraction of sp³-hybridized carbons (Fsp3) is 0.0556. The Morgan fingerprint density at radius 2 is 1.86 bits per heavy atom. The monoisotopic (exact) mass is 345 g/mol. The number of hydrogen-bond acceptors (Lipinski definition) is 2. The van der Waals surface area contributed by atoms with Crippen molar-refractivity contribution in [1.29, 1.82) is 0 Å². The minimum absolute atomic E-state index is 0.592. The van der Waals surface area contributed by atoms with E-state index in [9.17, 15) is 0 Å². The van der Waals surface area contributed by atoms with E-state index in [1.807, 2.05) is 31.2 Å². The lowest BCUT2D eigenvalue weighted by Gasteiger charge is -2.11. The highest BCUT2D eigenvalue weighted by atomic mass is 35.5. The Kier molecular flexibility index (Phi) is 4.44. The predicted molar refractivity (Wildman–Crippen MR) is 97.3 cm³/mol. The molecule has 3 rings (SSSR count). The molecule has 0 saturated heterocycles. The van der Waals surface area contributed by atoms with E-state index in [1.165, 1.54) is 0 Å². The maximum Gasteiger partial charge on any atom is 0.0808 e. The lowest BCUT2D eigenvalue weighted by atomic mass is 10.0. The van der Waals surface area contributed by atoms with E-state index in [0.29, 0.717) is 10.0 Å². The first-order chi connectivity index (χ1) is 10.6. The molecule has 1 nitrogen and oxygen atoms in total. The first-order valence-corrected chi connectivity index (χ1v) is 8.32. The normalized spacial score (nSPS) is 14.2. The number of benzene rings is 2. The van der Waals surface area contributed by atoms with Crippen LogP contribution in [-0.2, 0) is 0 Å². The van der Waals surface area contributed by atoms with Gasteiger partial charge in [-0.1, -0.05) is 59.7 Å². The second-order valence-electron chi connectivity index (χ2n) is 4.83. The summed E-state index contributed by atoms with van der Waals surface area (Å²) in [7, 11) is 0. The van der Waals surface area contributed by atoms with Crippen molar-refractivity contribution >= 4 is 40.7 Å². The van der Waals surface area contributed by atoms with Crippen LogP contribution in [0.3, 0.4) is 0 Å². The van der Waals surface area contributed by atoms with E-state index in [4.69, 9.17) is 28.2 Å². The van der Waals surface area contributed by atoms with Gasteiger partial charge in [-0.25, -0.2) is 4.99 Å². The summed E-state index contributed by atoms with van der Waals surface area (Å²) in [5, 5.41) is 1.20. The lowest BCUT2D eigenvalue weighted by molar-refractivity contribution is 1.35. The smallest absolute Gasteiger partial charge is 0.0808 e. The summed E-state index contributed by atoms with van der Waals surface area (Å²) < 4.78 is 0. The molecule has 1 aliphatic heterocycles. The molecule has 0 aliphatic carbocycles. The van der Waals surface area contributed by atoms with Gasteiger partial charge in [0.1, 0.15) is 0 Å². The summed E-state index contributed by atoms with van der Waals surface area (Å²) in [4.78, 5) is 7.07. The lowest BCUT2D eigenvalue weighted by Crippen LogP contribution is -2.05. The molecule has 0 fully saturated rings. The molecule has 1 aliphatic rings. The zero-order valence-electron chi connectivity index (χ0n) is 11.9. The van der Waals surface area contributed by atoms with Gasteiger partial charge >= 0.3 is 0 Å².